The summed E-state index contributed by atoms with van der Waals surface area (Å²) in [5.41, 5.74) is -0.364. The number of hydrogen-bond acceptors (Lipinski definition) is 3. The standard InChI is InChI=1S/C11H14ClNOS/c1-3-5-10(9(2)12)15-13-11(8-14)6-4-7-11/h3,5,8,13H,1-2,4,6-7H2/b10-5+. The van der Waals surface area contributed by atoms with Gasteiger partial charge in [0.1, 0.15) is 6.29 Å². The summed E-state index contributed by atoms with van der Waals surface area (Å²) in [6.45, 7) is 7.24. The van der Waals surface area contributed by atoms with Gasteiger partial charge in [-0.1, -0.05) is 30.8 Å². The largest absolute Gasteiger partial charge is 0.301 e. The van der Waals surface area contributed by atoms with Crippen molar-refractivity contribution < 1.29 is 4.79 Å². The first-order valence-electron chi connectivity index (χ1n) is 4.71. The summed E-state index contributed by atoms with van der Waals surface area (Å²) in [6.07, 6.45) is 7.26. The molecule has 0 aliphatic heterocycles. The van der Waals surface area contributed by atoms with Crippen LogP contribution in [0.4, 0.5) is 0 Å². The molecule has 0 amide bonds. The number of aldehydes is 1. The second-order valence-electron chi connectivity index (χ2n) is 3.50. The lowest BCUT2D eigenvalue weighted by Crippen LogP contribution is -2.49. The van der Waals surface area contributed by atoms with E-state index in [4.69, 9.17) is 11.6 Å². The fourth-order valence-corrected chi connectivity index (χ4v) is 2.26. The first-order chi connectivity index (χ1) is 7.13. The minimum atomic E-state index is -0.364. The molecule has 0 aromatic rings. The zero-order valence-corrected chi connectivity index (χ0v) is 10.0. The molecule has 1 N–H and O–H groups in total. The van der Waals surface area contributed by atoms with E-state index in [0.29, 0.717) is 5.03 Å². The van der Waals surface area contributed by atoms with E-state index in [0.717, 1.165) is 30.5 Å². The van der Waals surface area contributed by atoms with Crippen LogP contribution in [0.15, 0.2) is 35.2 Å². The maximum atomic E-state index is 10.9. The lowest BCUT2D eigenvalue weighted by atomic mass is 9.79. The number of nitrogens with one attached hydrogen (secondary N) is 1. The van der Waals surface area contributed by atoms with Gasteiger partial charge in [-0.25, -0.2) is 4.72 Å². The van der Waals surface area contributed by atoms with E-state index >= 15 is 0 Å². The van der Waals surface area contributed by atoms with Crippen molar-refractivity contribution in [3.63, 3.8) is 0 Å². The van der Waals surface area contributed by atoms with E-state index in [2.05, 4.69) is 17.9 Å². The molecule has 2 nitrogen and oxygen atoms in total. The highest BCUT2D eigenvalue weighted by atomic mass is 35.5. The topological polar surface area (TPSA) is 29.1 Å². The molecule has 1 fully saturated rings. The Kier molecular flexibility index (Phi) is 4.64. The van der Waals surface area contributed by atoms with Crippen molar-refractivity contribution in [2.24, 2.45) is 0 Å². The van der Waals surface area contributed by atoms with Crippen LogP contribution in [-0.2, 0) is 4.79 Å². The fourth-order valence-electron chi connectivity index (χ4n) is 1.25. The summed E-state index contributed by atoms with van der Waals surface area (Å²) in [4.78, 5) is 11.7. The molecule has 0 aromatic heterocycles. The molecule has 1 rings (SSSR count). The number of allylic oxidation sites excluding steroid dienone is 3. The van der Waals surface area contributed by atoms with Crippen molar-refractivity contribution in [3.05, 3.63) is 35.2 Å². The third-order valence-corrected chi connectivity index (χ3v) is 3.80. The Hall–Kier alpha value is -0.510. The molecule has 0 aromatic carbocycles. The molecule has 1 aliphatic rings. The second-order valence-corrected chi connectivity index (χ2v) is 4.81. The highest BCUT2D eigenvalue weighted by Crippen LogP contribution is 2.34. The Labute approximate surface area is 99.6 Å². The summed E-state index contributed by atoms with van der Waals surface area (Å²) < 4.78 is 3.14. The number of halogens is 1. The van der Waals surface area contributed by atoms with Crippen molar-refractivity contribution in [1.29, 1.82) is 0 Å². The van der Waals surface area contributed by atoms with Crippen molar-refractivity contribution in [1.82, 2.24) is 4.72 Å². The molecule has 82 valence electrons. The molecule has 0 spiro atoms. The van der Waals surface area contributed by atoms with Gasteiger partial charge in [-0.2, -0.15) is 0 Å². The molecule has 0 unspecified atom stereocenters. The van der Waals surface area contributed by atoms with E-state index in [1.165, 1.54) is 11.9 Å². The second kappa shape index (κ2) is 5.54. The summed E-state index contributed by atoms with van der Waals surface area (Å²) in [5.74, 6) is 0. The van der Waals surface area contributed by atoms with E-state index in [1.54, 1.807) is 12.2 Å². The van der Waals surface area contributed by atoms with Gasteiger partial charge in [-0.15, -0.1) is 0 Å². The summed E-state index contributed by atoms with van der Waals surface area (Å²) in [6, 6.07) is 0. The molecule has 15 heavy (non-hydrogen) atoms. The average Bonchev–Trinajstić information content (AvgIpc) is 2.14. The van der Waals surface area contributed by atoms with Crippen LogP contribution in [0.3, 0.4) is 0 Å². The minimum absolute atomic E-state index is 0.364. The number of hydrogen-bond donors (Lipinski definition) is 1. The van der Waals surface area contributed by atoms with Crippen LogP contribution >= 0.6 is 23.5 Å². The lowest BCUT2D eigenvalue weighted by Gasteiger charge is -2.37. The Balaban J connectivity index is 2.53. The monoisotopic (exact) mass is 243 g/mol. The van der Waals surface area contributed by atoms with Crippen molar-refractivity contribution in [3.8, 4) is 0 Å². The smallest absolute Gasteiger partial charge is 0.140 e. The molecule has 0 bridgehead atoms. The molecule has 0 saturated heterocycles. The van der Waals surface area contributed by atoms with Crippen LogP contribution in [0.1, 0.15) is 19.3 Å². The summed E-state index contributed by atoms with van der Waals surface area (Å²) >= 11 is 7.13. The van der Waals surface area contributed by atoms with Crippen LogP contribution in [0.2, 0.25) is 0 Å². The molecule has 0 atom stereocenters. The normalized spacial score (nSPS) is 19.1. The number of rotatable bonds is 6. The maximum absolute atomic E-state index is 10.9. The van der Waals surface area contributed by atoms with Gasteiger partial charge in [-0.05, 0) is 37.3 Å². The molecule has 0 heterocycles. The molecule has 0 radical (unpaired) electrons. The first-order valence-corrected chi connectivity index (χ1v) is 5.91. The average molecular weight is 244 g/mol. The third kappa shape index (κ3) is 3.23. The van der Waals surface area contributed by atoms with Gasteiger partial charge in [0, 0.05) is 9.94 Å². The molecule has 4 heteroatoms. The van der Waals surface area contributed by atoms with E-state index in [1.807, 2.05) is 0 Å². The highest BCUT2D eigenvalue weighted by molar-refractivity contribution is 8.01. The van der Waals surface area contributed by atoms with Gasteiger partial charge in [0.2, 0.25) is 0 Å². The number of carbonyl (C=O) groups excluding carboxylic acids is 1. The van der Waals surface area contributed by atoms with Crippen LogP contribution < -0.4 is 4.72 Å². The van der Waals surface area contributed by atoms with E-state index in [9.17, 15) is 4.79 Å². The van der Waals surface area contributed by atoms with Gasteiger partial charge < -0.3 is 4.79 Å². The van der Waals surface area contributed by atoms with Crippen LogP contribution in [-0.4, -0.2) is 11.8 Å². The predicted molar refractivity (Wildman–Crippen MR) is 66.6 cm³/mol. The SMILES string of the molecule is C=C/C=C(/SNC1(C=O)CCC1)C(=C)Cl. The highest BCUT2D eigenvalue weighted by Gasteiger charge is 2.36. The van der Waals surface area contributed by atoms with Crippen molar-refractivity contribution >= 4 is 29.8 Å². The van der Waals surface area contributed by atoms with Gasteiger partial charge in [-0.3, -0.25) is 0 Å². The maximum Gasteiger partial charge on any atom is 0.140 e. The molecular weight excluding hydrogens is 230 g/mol. The molecular formula is C11H14ClNOS. The van der Waals surface area contributed by atoms with Gasteiger partial charge in [0.15, 0.2) is 0 Å². The van der Waals surface area contributed by atoms with Gasteiger partial charge in [0.25, 0.3) is 0 Å². The predicted octanol–water partition coefficient (Wildman–Crippen LogP) is 3.17. The Morgan fingerprint density at radius 1 is 1.53 bits per heavy atom. The van der Waals surface area contributed by atoms with Gasteiger partial charge >= 0.3 is 0 Å². The van der Waals surface area contributed by atoms with Crippen LogP contribution in [0.5, 0.6) is 0 Å². The van der Waals surface area contributed by atoms with E-state index in [-0.39, 0.29) is 5.54 Å². The quantitative estimate of drug-likeness (QED) is 0.441. The zero-order valence-electron chi connectivity index (χ0n) is 8.46. The Bertz CT molecular complexity index is 308. The molecule has 1 aliphatic carbocycles. The first kappa shape index (κ1) is 12.6. The van der Waals surface area contributed by atoms with Crippen molar-refractivity contribution in [2.75, 3.05) is 0 Å². The van der Waals surface area contributed by atoms with E-state index < -0.39 is 0 Å². The molecule has 1 saturated carbocycles. The third-order valence-electron chi connectivity index (χ3n) is 2.37. The Morgan fingerprint density at radius 2 is 2.20 bits per heavy atom. The van der Waals surface area contributed by atoms with Crippen LogP contribution in [0, 0.1) is 0 Å². The minimum Gasteiger partial charge on any atom is -0.301 e. The Morgan fingerprint density at radius 3 is 2.53 bits per heavy atom. The summed E-state index contributed by atoms with van der Waals surface area (Å²) in [7, 11) is 0. The van der Waals surface area contributed by atoms with Crippen LogP contribution in [0.25, 0.3) is 0 Å². The number of carbonyl (C=O) groups is 1. The lowest BCUT2D eigenvalue weighted by molar-refractivity contribution is -0.115. The van der Waals surface area contributed by atoms with Gasteiger partial charge in [0.05, 0.1) is 5.54 Å². The van der Waals surface area contributed by atoms with Crippen molar-refractivity contribution in [2.45, 2.75) is 24.8 Å². The fraction of sp³-hybridized carbons (Fsp3) is 0.364. The zero-order chi connectivity index (χ0) is 11.3. The summed E-state index contributed by atoms with van der Waals surface area (Å²) in [5, 5.41) is 0.452.